The molecular formula is C22H27NO7. The van der Waals surface area contributed by atoms with Gasteiger partial charge in [0.15, 0.2) is 18.1 Å². The van der Waals surface area contributed by atoms with Crippen molar-refractivity contribution in [3.63, 3.8) is 0 Å². The van der Waals surface area contributed by atoms with Crippen molar-refractivity contribution in [3.05, 3.63) is 46.8 Å². The van der Waals surface area contributed by atoms with Crippen molar-refractivity contribution in [2.45, 2.75) is 33.7 Å². The van der Waals surface area contributed by atoms with Crippen LogP contribution < -0.4 is 9.47 Å². The highest BCUT2D eigenvalue weighted by Gasteiger charge is 2.19. The molecule has 162 valence electrons. The number of aryl methyl sites for hydroxylation is 1. The zero-order chi connectivity index (χ0) is 22.3. The molecule has 0 aliphatic carbocycles. The molecule has 30 heavy (non-hydrogen) atoms. The lowest BCUT2D eigenvalue weighted by Gasteiger charge is -2.11. The Labute approximate surface area is 175 Å². The van der Waals surface area contributed by atoms with Gasteiger partial charge in [0.25, 0.3) is 0 Å². The second kappa shape index (κ2) is 10.5. The number of nitrogens with zero attached hydrogens (tertiary/aromatic N) is 1. The molecule has 8 nitrogen and oxygen atoms in total. The van der Waals surface area contributed by atoms with Gasteiger partial charge in [-0.3, -0.25) is 9.59 Å². The summed E-state index contributed by atoms with van der Waals surface area (Å²) in [5.41, 5.74) is 2.25. The minimum absolute atomic E-state index is 0.203. The molecule has 0 spiro atoms. The normalized spacial score (nSPS) is 10.4. The highest BCUT2D eigenvalue weighted by Crippen LogP contribution is 2.28. The Morgan fingerprint density at radius 2 is 1.77 bits per heavy atom. The largest absolute Gasteiger partial charge is 0.493 e. The van der Waals surface area contributed by atoms with Crippen LogP contribution in [0.2, 0.25) is 0 Å². The van der Waals surface area contributed by atoms with E-state index in [2.05, 4.69) is 4.74 Å². The van der Waals surface area contributed by atoms with Crippen LogP contribution in [0.3, 0.4) is 0 Å². The summed E-state index contributed by atoms with van der Waals surface area (Å²) in [7, 11) is 2.81. The molecule has 1 heterocycles. The maximum Gasteiger partial charge on any atom is 0.338 e. The number of benzene rings is 1. The lowest BCUT2D eigenvalue weighted by Crippen LogP contribution is -2.15. The monoisotopic (exact) mass is 417 g/mol. The molecule has 0 aliphatic rings. The number of ether oxygens (including phenoxy) is 4. The number of carbonyl (C=O) groups excluding carboxylic acids is 3. The van der Waals surface area contributed by atoms with E-state index >= 15 is 0 Å². The van der Waals surface area contributed by atoms with E-state index in [0.717, 1.165) is 5.69 Å². The minimum Gasteiger partial charge on any atom is -0.493 e. The zero-order valence-electron chi connectivity index (χ0n) is 17.9. The van der Waals surface area contributed by atoms with Crippen molar-refractivity contribution in [2.75, 3.05) is 27.4 Å². The van der Waals surface area contributed by atoms with E-state index in [9.17, 15) is 14.4 Å². The van der Waals surface area contributed by atoms with Crippen LogP contribution in [0.25, 0.3) is 0 Å². The van der Waals surface area contributed by atoms with E-state index in [1.165, 1.54) is 20.3 Å². The maximum atomic E-state index is 12.6. The molecule has 2 aromatic rings. The number of aromatic nitrogens is 1. The first-order valence-electron chi connectivity index (χ1n) is 9.57. The predicted molar refractivity (Wildman–Crippen MR) is 109 cm³/mol. The number of esters is 2. The Bertz CT molecular complexity index is 930. The van der Waals surface area contributed by atoms with Crippen LogP contribution in [0.4, 0.5) is 0 Å². The lowest BCUT2D eigenvalue weighted by atomic mass is 10.1. The molecule has 0 N–H and O–H groups in total. The van der Waals surface area contributed by atoms with Gasteiger partial charge in [-0.25, -0.2) is 4.79 Å². The van der Waals surface area contributed by atoms with E-state index in [4.69, 9.17) is 14.2 Å². The predicted octanol–water partition coefficient (Wildman–Crippen LogP) is 3.12. The summed E-state index contributed by atoms with van der Waals surface area (Å²) in [4.78, 5) is 36.3. The summed E-state index contributed by atoms with van der Waals surface area (Å²) in [5.74, 6) is -0.350. The molecule has 8 heteroatoms. The molecule has 0 fully saturated rings. The molecule has 0 unspecified atom stereocenters. The molecule has 0 aliphatic heterocycles. The van der Waals surface area contributed by atoms with Gasteiger partial charge in [-0.15, -0.1) is 0 Å². The smallest absolute Gasteiger partial charge is 0.338 e. The summed E-state index contributed by atoms with van der Waals surface area (Å²) in [5, 5.41) is 0. The Balaban J connectivity index is 2.05. The van der Waals surface area contributed by atoms with Crippen molar-refractivity contribution in [2.24, 2.45) is 0 Å². The minimum atomic E-state index is -0.635. The number of hydrogen-bond acceptors (Lipinski definition) is 7. The molecule has 0 atom stereocenters. The van der Waals surface area contributed by atoms with Crippen molar-refractivity contribution in [1.82, 2.24) is 4.57 Å². The molecule has 0 saturated heterocycles. The SMILES string of the molecule is CCOc1ccc(C(=O)OCC(=O)c2cc(C)n(CCC(=O)OC)c2C)cc1OC. The summed E-state index contributed by atoms with van der Waals surface area (Å²) < 4.78 is 22.4. The highest BCUT2D eigenvalue weighted by molar-refractivity contribution is 6.00. The third kappa shape index (κ3) is 5.40. The van der Waals surface area contributed by atoms with Crippen LogP contribution in [0.15, 0.2) is 24.3 Å². The van der Waals surface area contributed by atoms with Gasteiger partial charge < -0.3 is 23.5 Å². The van der Waals surface area contributed by atoms with E-state index in [1.807, 2.05) is 18.4 Å². The van der Waals surface area contributed by atoms with Gasteiger partial charge in [0.2, 0.25) is 5.78 Å². The van der Waals surface area contributed by atoms with E-state index < -0.39 is 12.6 Å². The number of Topliss-reactive ketones (excluding diaryl/α,β-unsaturated/α-hetero) is 1. The van der Waals surface area contributed by atoms with Crippen LogP contribution in [-0.2, 0) is 20.8 Å². The second-order valence-corrected chi connectivity index (χ2v) is 6.56. The fourth-order valence-corrected chi connectivity index (χ4v) is 3.09. The molecule has 1 aromatic carbocycles. The summed E-state index contributed by atoms with van der Waals surface area (Å²) in [6.07, 6.45) is 0.203. The van der Waals surface area contributed by atoms with Crippen molar-refractivity contribution < 1.29 is 33.3 Å². The fourth-order valence-electron chi connectivity index (χ4n) is 3.09. The van der Waals surface area contributed by atoms with E-state index in [0.29, 0.717) is 35.9 Å². The third-order valence-electron chi connectivity index (χ3n) is 4.67. The lowest BCUT2D eigenvalue weighted by molar-refractivity contribution is -0.140. The van der Waals surface area contributed by atoms with Crippen LogP contribution in [0.5, 0.6) is 11.5 Å². The molecule has 0 amide bonds. The van der Waals surface area contributed by atoms with Crippen molar-refractivity contribution >= 4 is 17.7 Å². The van der Waals surface area contributed by atoms with Gasteiger partial charge >= 0.3 is 11.9 Å². The number of carbonyl (C=O) groups is 3. The molecular weight excluding hydrogens is 390 g/mol. The molecule has 1 aromatic heterocycles. The first kappa shape index (κ1) is 23.0. The van der Waals surface area contributed by atoms with Crippen molar-refractivity contribution in [3.8, 4) is 11.5 Å². The Morgan fingerprint density at radius 1 is 1.03 bits per heavy atom. The number of hydrogen-bond donors (Lipinski definition) is 0. The molecule has 0 bridgehead atoms. The maximum absolute atomic E-state index is 12.6. The Kier molecular flexibility index (Phi) is 8.03. The second-order valence-electron chi connectivity index (χ2n) is 6.56. The topological polar surface area (TPSA) is 93.1 Å². The first-order chi connectivity index (χ1) is 14.3. The summed E-state index contributed by atoms with van der Waals surface area (Å²) >= 11 is 0. The van der Waals surface area contributed by atoms with E-state index in [-0.39, 0.29) is 23.7 Å². The number of rotatable bonds is 10. The fraction of sp³-hybridized carbons (Fsp3) is 0.409. The quantitative estimate of drug-likeness (QED) is 0.433. The van der Waals surface area contributed by atoms with Gasteiger partial charge in [0, 0.05) is 23.5 Å². The van der Waals surface area contributed by atoms with Gasteiger partial charge in [-0.1, -0.05) is 0 Å². The summed E-state index contributed by atoms with van der Waals surface area (Å²) in [6, 6.07) is 6.41. The third-order valence-corrected chi connectivity index (χ3v) is 4.67. The van der Waals surface area contributed by atoms with Crippen LogP contribution in [0, 0.1) is 13.8 Å². The van der Waals surface area contributed by atoms with Crippen LogP contribution in [-0.4, -0.2) is 49.7 Å². The average molecular weight is 417 g/mol. The van der Waals surface area contributed by atoms with Crippen molar-refractivity contribution in [1.29, 1.82) is 0 Å². The average Bonchev–Trinajstić information content (AvgIpc) is 3.03. The first-order valence-corrected chi connectivity index (χ1v) is 9.57. The van der Waals surface area contributed by atoms with Crippen LogP contribution >= 0.6 is 0 Å². The Morgan fingerprint density at radius 3 is 2.40 bits per heavy atom. The number of ketones is 1. The zero-order valence-corrected chi connectivity index (χ0v) is 17.9. The standard InChI is InChI=1S/C22H27NO7/c1-6-29-19-8-7-16(12-20(19)27-4)22(26)30-13-18(24)17-11-14(2)23(15(17)3)10-9-21(25)28-5/h7-8,11-12H,6,9-10,13H2,1-5H3. The molecule has 0 saturated carbocycles. The van der Waals surface area contributed by atoms with Crippen LogP contribution in [0.1, 0.15) is 45.4 Å². The van der Waals surface area contributed by atoms with Gasteiger partial charge in [-0.05, 0) is 45.0 Å². The molecule has 2 rings (SSSR count). The van der Waals surface area contributed by atoms with Gasteiger partial charge in [0.1, 0.15) is 0 Å². The van der Waals surface area contributed by atoms with Gasteiger partial charge in [-0.2, -0.15) is 0 Å². The number of methoxy groups -OCH3 is 2. The molecule has 0 radical (unpaired) electrons. The van der Waals surface area contributed by atoms with Gasteiger partial charge in [0.05, 0.1) is 32.8 Å². The van der Waals surface area contributed by atoms with E-state index in [1.54, 1.807) is 25.1 Å². The Hall–Kier alpha value is -3.29. The summed E-state index contributed by atoms with van der Waals surface area (Å²) in [6.45, 7) is 5.96. The highest BCUT2D eigenvalue weighted by atomic mass is 16.5.